The monoisotopic (exact) mass is 370 g/mol. The molecule has 2 aromatic rings. The molecule has 1 aromatic heterocycles. The quantitative estimate of drug-likeness (QED) is 0.816. The summed E-state index contributed by atoms with van der Waals surface area (Å²) in [6.07, 6.45) is 1.19. The second-order valence-corrected chi connectivity index (χ2v) is 6.85. The molecule has 1 saturated heterocycles. The molecule has 7 heteroatoms. The van der Waals surface area contributed by atoms with Crippen LogP contribution in [0.4, 0.5) is 5.69 Å². The fourth-order valence-corrected chi connectivity index (χ4v) is 3.25. The lowest BCUT2D eigenvalue weighted by atomic mass is 10.1. The van der Waals surface area contributed by atoms with Crippen molar-refractivity contribution in [1.29, 1.82) is 0 Å². The minimum Gasteiger partial charge on any atom is -0.377 e. The molecule has 2 amide bonds. The van der Waals surface area contributed by atoms with Crippen molar-refractivity contribution in [3.63, 3.8) is 0 Å². The van der Waals surface area contributed by atoms with Crippen LogP contribution in [0.5, 0.6) is 0 Å². The Bertz CT molecular complexity index is 788. The zero-order chi connectivity index (χ0) is 19.2. The van der Waals surface area contributed by atoms with Gasteiger partial charge in [0.25, 0.3) is 0 Å². The number of aromatic nitrogens is 2. The van der Waals surface area contributed by atoms with Gasteiger partial charge in [-0.1, -0.05) is 18.2 Å². The number of nitrogens with zero attached hydrogens (tertiary/aromatic N) is 2. The van der Waals surface area contributed by atoms with Crippen LogP contribution in [-0.2, 0) is 20.7 Å². The molecule has 0 unspecified atom stereocenters. The summed E-state index contributed by atoms with van der Waals surface area (Å²) in [4.78, 5) is 26.9. The molecule has 3 rings (SSSR count). The van der Waals surface area contributed by atoms with E-state index in [4.69, 9.17) is 4.74 Å². The van der Waals surface area contributed by atoms with Gasteiger partial charge in [0, 0.05) is 37.2 Å². The highest BCUT2D eigenvalue weighted by Crippen LogP contribution is 2.16. The molecule has 0 aliphatic carbocycles. The maximum absolute atomic E-state index is 12.7. The normalized spacial score (nSPS) is 17.0. The third-order valence-corrected chi connectivity index (χ3v) is 4.96. The molecule has 7 nitrogen and oxygen atoms in total. The third-order valence-electron chi connectivity index (χ3n) is 4.96. The molecule has 1 aliphatic rings. The molecule has 0 radical (unpaired) electrons. The lowest BCUT2D eigenvalue weighted by molar-refractivity contribution is -0.141. The summed E-state index contributed by atoms with van der Waals surface area (Å²) in [6, 6.07) is 9.07. The number of hydrogen-bond donors (Lipinski definition) is 2. The molecule has 1 atom stereocenters. The highest BCUT2D eigenvalue weighted by molar-refractivity contribution is 5.91. The number of ether oxygens (including phenoxy) is 1. The van der Waals surface area contributed by atoms with E-state index in [1.54, 1.807) is 4.90 Å². The van der Waals surface area contributed by atoms with Gasteiger partial charge in [-0.15, -0.1) is 0 Å². The third kappa shape index (κ3) is 4.95. The van der Waals surface area contributed by atoms with Crippen molar-refractivity contribution in [3.05, 3.63) is 47.3 Å². The predicted octanol–water partition coefficient (Wildman–Crippen LogP) is 2.22. The van der Waals surface area contributed by atoms with E-state index in [0.717, 1.165) is 22.6 Å². The van der Waals surface area contributed by atoms with E-state index < -0.39 is 0 Å². The summed E-state index contributed by atoms with van der Waals surface area (Å²) in [5, 5.41) is 10.1. The lowest BCUT2D eigenvalue weighted by Crippen LogP contribution is -2.50. The van der Waals surface area contributed by atoms with E-state index in [2.05, 4.69) is 15.5 Å². The number of hydrogen-bond acceptors (Lipinski definition) is 4. The second kappa shape index (κ2) is 8.81. The van der Waals surface area contributed by atoms with Gasteiger partial charge in [-0.25, -0.2) is 0 Å². The number of benzene rings is 1. The molecule has 1 fully saturated rings. The molecule has 2 heterocycles. The van der Waals surface area contributed by atoms with Gasteiger partial charge >= 0.3 is 0 Å². The first-order valence-corrected chi connectivity index (χ1v) is 9.27. The van der Waals surface area contributed by atoms with Gasteiger partial charge in [0.1, 0.15) is 0 Å². The van der Waals surface area contributed by atoms with Crippen LogP contribution in [0.25, 0.3) is 0 Å². The van der Waals surface area contributed by atoms with Gasteiger partial charge in [-0.3, -0.25) is 14.7 Å². The first kappa shape index (κ1) is 19.1. The Morgan fingerprint density at radius 3 is 2.78 bits per heavy atom. The number of aryl methyl sites for hydroxylation is 2. The Hall–Kier alpha value is -2.67. The number of nitrogens with one attached hydrogen (secondary N) is 2. The predicted molar refractivity (Wildman–Crippen MR) is 102 cm³/mol. The number of rotatable bonds is 6. The number of carbonyl (C=O) groups is 2. The molecule has 1 aromatic carbocycles. The van der Waals surface area contributed by atoms with Crippen LogP contribution in [0.15, 0.2) is 30.3 Å². The number of amides is 2. The first-order chi connectivity index (χ1) is 13.0. The van der Waals surface area contributed by atoms with Crippen LogP contribution in [-0.4, -0.2) is 52.7 Å². The number of carbonyl (C=O) groups excluding carboxylic acids is 2. The van der Waals surface area contributed by atoms with Crippen LogP contribution < -0.4 is 5.32 Å². The molecule has 0 saturated carbocycles. The zero-order valence-electron chi connectivity index (χ0n) is 15.8. The smallest absolute Gasteiger partial charge is 0.226 e. The SMILES string of the molecule is Cc1[nH]nc(CCC(=O)N2CCOC[C@H]2CC(=O)Nc2ccccc2)c1C. The number of anilines is 1. The molecule has 1 aliphatic heterocycles. The fraction of sp³-hybridized carbons (Fsp3) is 0.450. The first-order valence-electron chi connectivity index (χ1n) is 9.27. The molecule has 27 heavy (non-hydrogen) atoms. The molecular weight excluding hydrogens is 344 g/mol. The highest BCUT2D eigenvalue weighted by atomic mass is 16.5. The number of morpholine rings is 1. The van der Waals surface area contributed by atoms with Crippen LogP contribution in [0.2, 0.25) is 0 Å². The standard InChI is InChI=1S/C20H26N4O3/c1-14-15(2)22-23-18(14)8-9-20(26)24-10-11-27-13-17(24)12-19(25)21-16-6-4-3-5-7-16/h3-7,17H,8-13H2,1-2H3,(H,21,25)(H,22,23)/t17-/m1/s1. The summed E-state index contributed by atoms with van der Waals surface area (Å²) in [7, 11) is 0. The summed E-state index contributed by atoms with van der Waals surface area (Å²) in [5.74, 6) is -0.0795. The molecule has 2 N–H and O–H groups in total. The topological polar surface area (TPSA) is 87.3 Å². The van der Waals surface area contributed by atoms with Gasteiger partial charge < -0.3 is 15.0 Å². The number of para-hydroxylation sites is 1. The van der Waals surface area contributed by atoms with E-state index in [0.29, 0.717) is 32.6 Å². The van der Waals surface area contributed by atoms with Crippen LogP contribution in [0, 0.1) is 13.8 Å². The average Bonchev–Trinajstić information content (AvgIpc) is 2.99. The van der Waals surface area contributed by atoms with Crippen molar-refractivity contribution >= 4 is 17.5 Å². The summed E-state index contributed by atoms with van der Waals surface area (Å²) >= 11 is 0. The van der Waals surface area contributed by atoms with Crippen molar-refractivity contribution in [3.8, 4) is 0 Å². The largest absolute Gasteiger partial charge is 0.377 e. The van der Waals surface area contributed by atoms with Crippen LogP contribution in [0.1, 0.15) is 29.8 Å². The van der Waals surface area contributed by atoms with Gasteiger partial charge in [0.05, 0.1) is 24.9 Å². The van der Waals surface area contributed by atoms with E-state index in [1.807, 2.05) is 44.2 Å². The van der Waals surface area contributed by atoms with Gasteiger partial charge in [0.2, 0.25) is 11.8 Å². The molecule has 0 spiro atoms. The van der Waals surface area contributed by atoms with Crippen LogP contribution >= 0.6 is 0 Å². The van der Waals surface area contributed by atoms with E-state index in [-0.39, 0.29) is 24.3 Å². The maximum atomic E-state index is 12.7. The van der Waals surface area contributed by atoms with Crippen molar-refractivity contribution < 1.29 is 14.3 Å². The molecule has 144 valence electrons. The summed E-state index contributed by atoms with van der Waals surface area (Å²) in [6.45, 7) is 5.37. The minimum atomic E-state index is -0.239. The Morgan fingerprint density at radius 1 is 1.30 bits per heavy atom. The minimum absolute atomic E-state index is 0.0378. The Kier molecular flexibility index (Phi) is 6.24. The lowest BCUT2D eigenvalue weighted by Gasteiger charge is -2.35. The number of aromatic amines is 1. The zero-order valence-corrected chi connectivity index (χ0v) is 15.8. The highest BCUT2D eigenvalue weighted by Gasteiger charge is 2.29. The number of H-pyrrole nitrogens is 1. The Labute approximate surface area is 159 Å². The van der Waals surface area contributed by atoms with E-state index in [1.165, 1.54) is 0 Å². The van der Waals surface area contributed by atoms with Crippen molar-refractivity contribution in [2.75, 3.05) is 25.1 Å². The average molecular weight is 370 g/mol. The summed E-state index contributed by atoms with van der Waals surface area (Å²) in [5.41, 5.74) is 3.80. The van der Waals surface area contributed by atoms with Gasteiger partial charge in [-0.05, 0) is 31.5 Å². The van der Waals surface area contributed by atoms with Crippen molar-refractivity contribution in [2.24, 2.45) is 0 Å². The fourth-order valence-electron chi connectivity index (χ4n) is 3.25. The Balaban J connectivity index is 1.56. The maximum Gasteiger partial charge on any atom is 0.226 e. The van der Waals surface area contributed by atoms with Gasteiger partial charge in [0.15, 0.2) is 0 Å². The van der Waals surface area contributed by atoms with Crippen molar-refractivity contribution in [1.82, 2.24) is 15.1 Å². The molecule has 0 bridgehead atoms. The van der Waals surface area contributed by atoms with Gasteiger partial charge in [-0.2, -0.15) is 5.10 Å². The van der Waals surface area contributed by atoms with E-state index >= 15 is 0 Å². The van der Waals surface area contributed by atoms with Crippen LogP contribution in [0.3, 0.4) is 0 Å². The van der Waals surface area contributed by atoms with E-state index in [9.17, 15) is 9.59 Å². The van der Waals surface area contributed by atoms with Crippen molar-refractivity contribution in [2.45, 2.75) is 39.2 Å². The second-order valence-electron chi connectivity index (χ2n) is 6.85. The molecular formula is C20H26N4O3. The summed E-state index contributed by atoms with van der Waals surface area (Å²) < 4.78 is 5.51. The Morgan fingerprint density at radius 2 is 2.07 bits per heavy atom.